The van der Waals surface area contributed by atoms with Gasteiger partial charge in [-0.05, 0) is 31.9 Å². The van der Waals surface area contributed by atoms with Gasteiger partial charge in [0.2, 0.25) is 0 Å². The summed E-state index contributed by atoms with van der Waals surface area (Å²) in [6.45, 7) is 1.49. The van der Waals surface area contributed by atoms with E-state index in [0.29, 0.717) is 11.0 Å². The summed E-state index contributed by atoms with van der Waals surface area (Å²) < 4.78 is 10.2. The molecule has 6 heteroatoms. The average Bonchev–Trinajstić information content (AvgIpc) is 3.06. The molecule has 0 saturated heterocycles. The van der Waals surface area contributed by atoms with Gasteiger partial charge in [0.25, 0.3) is 5.91 Å². The molecule has 1 atom stereocenters. The molecule has 1 saturated carbocycles. The number of amides is 1. The lowest BCUT2D eigenvalue weighted by Gasteiger charge is -2.16. The first-order valence-electron chi connectivity index (χ1n) is 8.09. The van der Waals surface area contributed by atoms with E-state index < -0.39 is 17.7 Å². The first-order valence-corrected chi connectivity index (χ1v) is 8.09. The van der Waals surface area contributed by atoms with Crippen molar-refractivity contribution in [2.24, 2.45) is 0 Å². The molecule has 2 aromatic rings. The highest BCUT2D eigenvalue weighted by Crippen LogP contribution is 2.18. The normalized spacial score (nSPS) is 16.0. The summed E-state index contributed by atoms with van der Waals surface area (Å²) >= 11 is 0. The number of esters is 1. The Balaban J connectivity index is 1.70. The van der Waals surface area contributed by atoms with E-state index in [0.717, 1.165) is 25.7 Å². The standard InChI is InChI=1S/C18H19NO5/c1-11(16(20)19-13-7-3-4-8-13)23-17(21)14-10-12-6-2-5-9-15(12)24-18(14)22/h2,5-6,9-11,13H,3-4,7-8H2,1H3,(H,19,20)/t11-/m1/s1. The number of benzene rings is 1. The fourth-order valence-electron chi connectivity index (χ4n) is 2.87. The van der Waals surface area contributed by atoms with Crippen LogP contribution in [0.1, 0.15) is 43.0 Å². The molecule has 1 amide bonds. The number of fused-ring (bicyclic) bond motifs is 1. The van der Waals surface area contributed by atoms with Crippen LogP contribution in [0, 0.1) is 0 Å². The third-order valence-electron chi connectivity index (χ3n) is 4.22. The van der Waals surface area contributed by atoms with Gasteiger partial charge in [0.05, 0.1) is 0 Å². The molecule has 1 N–H and O–H groups in total. The van der Waals surface area contributed by atoms with E-state index in [2.05, 4.69) is 5.32 Å². The molecule has 1 fully saturated rings. The zero-order valence-electron chi connectivity index (χ0n) is 13.4. The second-order valence-electron chi connectivity index (χ2n) is 6.02. The quantitative estimate of drug-likeness (QED) is 0.687. The molecular formula is C18H19NO5. The maximum atomic E-state index is 12.2. The Bertz CT molecular complexity index is 820. The molecule has 0 aliphatic heterocycles. The monoisotopic (exact) mass is 329 g/mol. The number of ether oxygens (including phenoxy) is 1. The topological polar surface area (TPSA) is 85.6 Å². The minimum absolute atomic E-state index is 0.143. The zero-order valence-corrected chi connectivity index (χ0v) is 13.4. The smallest absolute Gasteiger partial charge is 0.351 e. The maximum Gasteiger partial charge on any atom is 0.351 e. The summed E-state index contributed by atoms with van der Waals surface area (Å²) in [4.78, 5) is 36.2. The van der Waals surface area contributed by atoms with Gasteiger partial charge < -0.3 is 14.5 Å². The average molecular weight is 329 g/mol. The fourth-order valence-corrected chi connectivity index (χ4v) is 2.87. The molecule has 1 aliphatic carbocycles. The second kappa shape index (κ2) is 6.86. The van der Waals surface area contributed by atoms with Crippen molar-refractivity contribution in [1.82, 2.24) is 5.32 Å². The van der Waals surface area contributed by atoms with Gasteiger partial charge in [-0.3, -0.25) is 4.79 Å². The number of nitrogens with one attached hydrogen (secondary N) is 1. The summed E-state index contributed by atoms with van der Waals surface area (Å²) in [5.41, 5.74) is -0.595. The van der Waals surface area contributed by atoms with Gasteiger partial charge >= 0.3 is 11.6 Å². The van der Waals surface area contributed by atoms with Crippen LogP contribution in [0.5, 0.6) is 0 Å². The van der Waals surface area contributed by atoms with Crippen LogP contribution in [-0.4, -0.2) is 24.0 Å². The summed E-state index contributed by atoms with van der Waals surface area (Å²) in [5, 5.41) is 3.48. The Morgan fingerprint density at radius 3 is 2.71 bits per heavy atom. The van der Waals surface area contributed by atoms with E-state index in [1.165, 1.54) is 13.0 Å². The van der Waals surface area contributed by atoms with Gasteiger partial charge in [0.1, 0.15) is 11.1 Å². The van der Waals surface area contributed by atoms with E-state index in [-0.39, 0.29) is 17.5 Å². The van der Waals surface area contributed by atoms with Crippen LogP contribution >= 0.6 is 0 Å². The SMILES string of the molecule is C[C@@H](OC(=O)c1cc2ccccc2oc1=O)C(=O)NC1CCCC1. The second-order valence-corrected chi connectivity index (χ2v) is 6.02. The Kier molecular flexibility index (Phi) is 4.64. The highest BCUT2D eigenvalue weighted by atomic mass is 16.5. The molecule has 6 nitrogen and oxygen atoms in total. The lowest BCUT2D eigenvalue weighted by molar-refractivity contribution is -0.129. The molecule has 1 aromatic carbocycles. The summed E-state index contributed by atoms with van der Waals surface area (Å²) in [6.07, 6.45) is 3.11. The number of hydrogen-bond acceptors (Lipinski definition) is 5. The van der Waals surface area contributed by atoms with Gasteiger partial charge in [0.15, 0.2) is 6.10 Å². The van der Waals surface area contributed by atoms with Crippen LogP contribution < -0.4 is 10.9 Å². The molecule has 1 aromatic heterocycles. The molecule has 24 heavy (non-hydrogen) atoms. The summed E-state index contributed by atoms with van der Waals surface area (Å²) in [5.74, 6) is -1.20. The molecule has 0 unspecified atom stereocenters. The van der Waals surface area contributed by atoms with Gasteiger partial charge in [0, 0.05) is 11.4 Å². The minimum Gasteiger partial charge on any atom is -0.449 e. The van der Waals surface area contributed by atoms with Crippen molar-refractivity contribution >= 4 is 22.8 Å². The van der Waals surface area contributed by atoms with E-state index in [9.17, 15) is 14.4 Å². The molecular weight excluding hydrogens is 310 g/mol. The number of hydrogen-bond donors (Lipinski definition) is 1. The lowest BCUT2D eigenvalue weighted by atomic mass is 10.2. The predicted molar refractivity (Wildman–Crippen MR) is 87.8 cm³/mol. The predicted octanol–water partition coefficient (Wildman–Crippen LogP) is 2.40. The van der Waals surface area contributed by atoms with Crippen LogP contribution in [0.2, 0.25) is 0 Å². The first-order chi connectivity index (χ1) is 11.5. The fraction of sp³-hybridized carbons (Fsp3) is 0.389. The molecule has 126 valence electrons. The van der Waals surface area contributed by atoms with Crippen molar-refractivity contribution in [3.05, 3.63) is 46.3 Å². The van der Waals surface area contributed by atoms with Gasteiger partial charge in [-0.15, -0.1) is 0 Å². The zero-order chi connectivity index (χ0) is 17.1. The van der Waals surface area contributed by atoms with Crippen LogP contribution in [0.25, 0.3) is 11.0 Å². The van der Waals surface area contributed by atoms with Crippen molar-refractivity contribution in [2.45, 2.75) is 44.8 Å². The minimum atomic E-state index is -0.969. The van der Waals surface area contributed by atoms with E-state index in [1.54, 1.807) is 24.3 Å². The van der Waals surface area contributed by atoms with Gasteiger partial charge in [-0.2, -0.15) is 0 Å². The molecule has 1 aliphatic rings. The van der Waals surface area contributed by atoms with Gasteiger partial charge in [-0.1, -0.05) is 31.0 Å². The number of carbonyl (C=O) groups is 2. The van der Waals surface area contributed by atoms with Crippen LogP contribution in [0.15, 0.2) is 39.5 Å². The van der Waals surface area contributed by atoms with Crippen molar-refractivity contribution in [2.75, 3.05) is 0 Å². The van der Waals surface area contributed by atoms with Crippen molar-refractivity contribution < 1.29 is 18.7 Å². The Labute approximate surface area is 138 Å². The lowest BCUT2D eigenvalue weighted by Crippen LogP contribution is -2.41. The largest absolute Gasteiger partial charge is 0.449 e. The van der Waals surface area contributed by atoms with E-state index in [1.807, 2.05) is 0 Å². The first kappa shape index (κ1) is 16.2. The van der Waals surface area contributed by atoms with E-state index >= 15 is 0 Å². The summed E-state index contributed by atoms with van der Waals surface area (Å²) in [7, 11) is 0. The highest BCUT2D eigenvalue weighted by Gasteiger charge is 2.25. The van der Waals surface area contributed by atoms with Crippen LogP contribution in [0.3, 0.4) is 0 Å². The molecule has 0 spiro atoms. The number of carbonyl (C=O) groups excluding carboxylic acids is 2. The van der Waals surface area contributed by atoms with Crippen LogP contribution in [-0.2, 0) is 9.53 Å². The third kappa shape index (κ3) is 3.48. The number of para-hydroxylation sites is 1. The summed E-state index contributed by atoms with van der Waals surface area (Å²) in [6, 6.07) is 8.44. The van der Waals surface area contributed by atoms with Crippen LogP contribution in [0.4, 0.5) is 0 Å². The van der Waals surface area contributed by atoms with Crippen molar-refractivity contribution in [3.8, 4) is 0 Å². The number of rotatable bonds is 4. The molecule has 0 radical (unpaired) electrons. The molecule has 0 bridgehead atoms. The van der Waals surface area contributed by atoms with Gasteiger partial charge in [-0.25, -0.2) is 9.59 Å². The Hall–Kier alpha value is -2.63. The highest BCUT2D eigenvalue weighted by molar-refractivity contribution is 5.94. The Morgan fingerprint density at radius 2 is 1.96 bits per heavy atom. The van der Waals surface area contributed by atoms with E-state index in [4.69, 9.17) is 9.15 Å². The molecule has 3 rings (SSSR count). The maximum absolute atomic E-state index is 12.2. The van der Waals surface area contributed by atoms with Crippen molar-refractivity contribution in [3.63, 3.8) is 0 Å². The molecule has 1 heterocycles. The Morgan fingerprint density at radius 1 is 1.25 bits per heavy atom. The van der Waals surface area contributed by atoms with Crippen molar-refractivity contribution in [1.29, 1.82) is 0 Å². The third-order valence-corrected chi connectivity index (χ3v) is 4.22.